The van der Waals surface area contributed by atoms with Gasteiger partial charge in [0.25, 0.3) is 5.91 Å². The number of benzene rings is 1. The van der Waals surface area contributed by atoms with Gasteiger partial charge in [-0.1, -0.05) is 12.1 Å². The minimum absolute atomic E-state index is 0.0250. The molecule has 0 aliphatic carbocycles. The molecular weight excluding hydrogens is 354 g/mol. The first kappa shape index (κ1) is 17.5. The molecule has 0 bridgehead atoms. The first-order valence-electron chi connectivity index (χ1n) is 7.79. The molecule has 1 aliphatic heterocycles. The molecule has 0 spiro atoms. The fourth-order valence-corrected chi connectivity index (χ4v) is 4.69. The van der Waals surface area contributed by atoms with Crippen molar-refractivity contribution in [1.29, 1.82) is 5.26 Å². The number of nitriles is 1. The maximum Gasteiger partial charge on any atom is 0.257 e. The Balaban J connectivity index is 1.90. The quantitative estimate of drug-likeness (QED) is 0.838. The topological polar surface area (TPSA) is 73.2 Å². The van der Waals surface area contributed by atoms with Gasteiger partial charge in [0.2, 0.25) is 5.91 Å². The van der Waals surface area contributed by atoms with Crippen LogP contribution >= 0.6 is 23.1 Å². The number of fused-ring (bicyclic) bond motifs is 1. The van der Waals surface area contributed by atoms with Crippen molar-refractivity contribution in [1.82, 2.24) is 4.90 Å². The molecule has 2 heterocycles. The standard InChI is InChI=1S/C18H17N3O2S2/c1-11(22)21-8-7-12-14(9-19)18(25-16(12)10-21)20-17(23)13-5-3-4-6-15(13)24-2/h3-6H,7-8,10H2,1-2H3,(H,20,23). The number of nitrogens with zero attached hydrogens (tertiary/aromatic N) is 2. The van der Waals surface area contributed by atoms with Crippen LogP contribution in [0.1, 0.15) is 33.3 Å². The normalized spacial score (nSPS) is 13.1. The zero-order valence-electron chi connectivity index (χ0n) is 14.0. The Morgan fingerprint density at radius 1 is 1.36 bits per heavy atom. The summed E-state index contributed by atoms with van der Waals surface area (Å²) in [4.78, 5) is 27.9. The monoisotopic (exact) mass is 371 g/mol. The SMILES string of the molecule is CSc1ccccc1C(=O)Nc1sc2c(c1C#N)CCN(C(C)=O)C2. The molecule has 5 nitrogen and oxygen atoms in total. The number of anilines is 1. The Bertz CT molecular complexity index is 883. The van der Waals surface area contributed by atoms with Crippen molar-refractivity contribution in [3.8, 4) is 6.07 Å². The lowest BCUT2D eigenvalue weighted by atomic mass is 10.0. The number of rotatable bonds is 3. The van der Waals surface area contributed by atoms with Gasteiger partial charge in [0, 0.05) is 23.2 Å². The summed E-state index contributed by atoms with van der Waals surface area (Å²) in [5.74, 6) is -0.194. The van der Waals surface area contributed by atoms with Crippen molar-refractivity contribution in [3.63, 3.8) is 0 Å². The van der Waals surface area contributed by atoms with Crippen molar-refractivity contribution in [3.05, 3.63) is 45.8 Å². The number of thioether (sulfide) groups is 1. The highest BCUT2D eigenvalue weighted by Crippen LogP contribution is 2.37. The van der Waals surface area contributed by atoms with E-state index in [2.05, 4.69) is 11.4 Å². The van der Waals surface area contributed by atoms with Gasteiger partial charge in [-0.2, -0.15) is 5.26 Å². The van der Waals surface area contributed by atoms with E-state index in [-0.39, 0.29) is 11.8 Å². The first-order valence-corrected chi connectivity index (χ1v) is 9.83. The summed E-state index contributed by atoms with van der Waals surface area (Å²) in [5.41, 5.74) is 2.08. The molecule has 2 aromatic rings. The maximum absolute atomic E-state index is 12.7. The van der Waals surface area contributed by atoms with E-state index in [4.69, 9.17) is 0 Å². The third-order valence-corrected chi connectivity index (χ3v) is 6.12. The third kappa shape index (κ3) is 3.41. The Kier molecular flexibility index (Phi) is 5.11. The van der Waals surface area contributed by atoms with Crippen molar-refractivity contribution >= 4 is 39.9 Å². The van der Waals surface area contributed by atoms with Crippen LogP contribution in [0.4, 0.5) is 5.00 Å². The Hall–Kier alpha value is -2.30. The molecule has 25 heavy (non-hydrogen) atoms. The van der Waals surface area contributed by atoms with Gasteiger partial charge in [-0.25, -0.2) is 0 Å². The van der Waals surface area contributed by atoms with Crippen LogP contribution in [0.3, 0.4) is 0 Å². The number of hydrogen-bond donors (Lipinski definition) is 1. The second-order valence-electron chi connectivity index (χ2n) is 5.66. The number of amides is 2. The van der Waals surface area contributed by atoms with Gasteiger partial charge < -0.3 is 10.2 Å². The maximum atomic E-state index is 12.7. The highest BCUT2D eigenvalue weighted by Gasteiger charge is 2.26. The van der Waals surface area contributed by atoms with Crippen molar-refractivity contribution in [2.75, 3.05) is 18.1 Å². The fraction of sp³-hybridized carbons (Fsp3) is 0.278. The third-order valence-electron chi connectivity index (χ3n) is 4.19. The van der Waals surface area contributed by atoms with E-state index in [0.717, 1.165) is 15.3 Å². The van der Waals surface area contributed by atoms with Crippen LogP contribution in [0.15, 0.2) is 29.2 Å². The molecule has 128 valence electrons. The molecule has 2 amide bonds. The molecule has 1 aliphatic rings. The molecule has 0 saturated heterocycles. The molecule has 1 aromatic heterocycles. The van der Waals surface area contributed by atoms with Crippen LogP contribution in [0.2, 0.25) is 0 Å². The van der Waals surface area contributed by atoms with Gasteiger partial charge in [0.05, 0.1) is 17.7 Å². The summed E-state index contributed by atoms with van der Waals surface area (Å²) in [6.45, 7) is 2.66. The summed E-state index contributed by atoms with van der Waals surface area (Å²) in [7, 11) is 0. The van der Waals surface area contributed by atoms with Gasteiger partial charge in [0.15, 0.2) is 0 Å². The number of nitrogens with one attached hydrogen (secondary N) is 1. The van der Waals surface area contributed by atoms with Gasteiger partial charge in [-0.15, -0.1) is 23.1 Å². The summed E-state index contributed by atoms with van der Waals surface area (Å²) in [5, 5.41) is 13.0. The summed E-state index contributed by atoms with van der Waals surface area (Å²) >= 11 is 2.90. The molecule has 0 atom stereocenters. The van der Waals surface area contributed by atoms with E-state index in [1.807, 2.05) is 24.5 Å². The van der Waals surface area contributed by atoms with Crippen LogP contribution in [0, 0.1) is 11.3 Å². The molecule has 0 saturated carbocycles. The summed E-state index contributed by atoms with van der Waals surface area (Å²) in [6, 6.07) is 9.61. The number of carbonyl (C=O) groups excluding carboxylic acids is 2. The zero-order valence-corrected chi connectivity index (χ0v) is 15.6. The minimum atomic E-state index is -0.219. The largest absolute Gasteiger partial charge is 0.337 e. The second-order valence-corrected chi connectivity index (χ2v) is 7.62. The lowest BCUT2D eigenvalue weighted by molar-refractivity contribution is -0.129. The lowest BCUT2D eigenvalue weighted by Gasteiger charge is -2.25. The van der Waals surface area contributed by atoms with E-state index < -0.39 is 0 Å². The molecule has 0 radical (unpaired) electrons. The number of carbonyl (C=O) groups is 2. The van der Waals surface area contributed by atoms with Crippen LogP contribution < -0.4 is 5.32 Å². The second kappa shape index (κ2) is 7.30. The molecule has 3 rings (SSSR count). The average molecular weight is 371 g/mol. The molecule has 1 N–H and O–H groups in total. The van der Waals surface area contributed by atoms with E-state index in [1.54, 1.807) is 17.9 Å². The minimum Gasteiger partial charge on any atom is -0.337 e. The van der Waals surface area contributed by atoms with E-state index >= 15 is 0 Å². The Labute approximate surface area is 154 Å². The fourth-order valence-electron chi connectivity index (χ4n) is 2.88. The number of hydrogen-bond acceptors (Lipinski definition) is 5. The Morgan fingerprint density at radius 3 is 2.80 bits per heavy atom. The lowest BCUT2D eigenvalue weighted by Crippen LogP contribution is -2.33. The molecular formula is C18H17N3O2S2. The molecule has 0 fully saturated rings. The average Bonchev–Trinajstić information content (AvgIpc) is 2.97. The number of thiophene rings is 1. The van der Waals surface area contributed by atoms with Crippen molar-refractivity contribution in [2.45, 2.75) is 24.8 Å². The van der Waals surface area contributed by atoms with E-state index in [9.17, 15) is 14.9 Å². The highest BCUT2D eigenvalue weighted by molar-refractivity contribution is 7.98. The zero-order chi connectivity index (χ0) is 18.0. The van der Waals surface area contributed by atoms with Crippen LogP contribution in [0.5, 0.6) is 0 Å². The van der Waals surface area contributed by atoms with Crippen molar-refractivity contribution in [2.24, 2.45) is 0 Å². The van der Waals surface area contributed by atoms with Gasteiger partial charge >= 0.3 is 0 Å². The summed E-state index contributed by atoms with van der Waals surface area (Å²) < 4.78 is 0. The van der Waals surface area contributed by atoms with Gasteiger partial charge in [0.1, 0.15) is 11.1 Å². The van der Waals surface area contributed by atoms with Gasteiger partial charge in [-0.05, 0) is 30.4 Å². The predicted molar refractivity (Wildman–Crippen MR) is 100 cm³/mol. The molecule has 7 heteroatoms. The van der Waals surface area contributed by atoms with Crippen molar-refractivity contribution < 1.29 is 9.59 Å². The van der Waals surface area contributed by atoms with E-state index in [1.165, 1.54) is 23.1 Å². The van der Waals surface area contributed by atoms with Crippen LogP contribution in [-0.4, -0.2) is 29.5 Å². The van der Waals surface area contributed by atoms with Gasteiger partial charge in [-0.3, -0.25) is 9.59 Å². The first-order chi connectivity index (χ1) is 12.0. The van der Waals surface area contributed by atoms with E-state index in [0.29, 0.717) is 35.6 Å². The van der Waals surface area contributed by atoms with Crippen LogP contribution in [-0.2, 0) is 17.8 Å². The van der Waals surface area contributed by atoms with Crippen LogP contribution in [0.25, 0.3) is 0 Å². The smallest absolute Gasteiger partial charge is 0.257 e. The molecule has 1 aromatic carbocycles. The Morgan fingerprint density at radius 2 is 2.12 bits per heavy atom. The predicted octanol–water partition coefficient (Wildman–Crippen LogP) is 3.50. The molecule has 0 unspecified atom stereocenters. The highest BCUT2D eigenvalue weighted by atomic mass is 32.2. The summed E-state index contributed by atoms with van der Waals surface area (Å²) in [6.07, 6.45) is 2.57.